The Morgan fingerprint density at radius 1 is 1.38 bits per heavy atom. The van der Waals surface area contributed by atoms with E-state index in [2.05, 4.69) is 0 Å². The molecule has 16 heavy (non-hydrogen) atoms. The maximum Gasteiger partial charge on any atom is 0.335 e. The molecule has 1 N–H and O–H groups in total. The third kappa shape index (κ3) is 2.59. The van der Waals surface area contributed by atoms with Gasteiger partial charge in [0.05, 0.1) is 5.56 Å². The van der Waals surface area contributed by atoms with Crippen molar-refractivity contribution in [1.29, 1.82) is 0 Å². The first kappa shape index (κ1) is 11.5. The molecule has 3 heteroatoms. The molecule has 1 aromatic carbocycles. The molecule has 2 nitrogen and oxygen atoms in total. The van der Waals surface area contributed by atoms with Gasteiger partial charge in [0.15, 0.2) is 0 Å². The molecule has 0 heterocycles. The molecule has 0 aromatic heterocycles. The van der Waals surface area contributed by atoms with Gasteiger partial charge in [0, 0.05) is 10.1 Å². The fourth-order valence-corrected chi connectivity index (χ4v) is 3.49. The second-order valence-corrected chi connectivity index (χ2v) is 5.68. The van der Waals surface area contributed by atoms with E-state index >= 15 is 0 Å². The summed E-state index contributed by atoms with van der Waals surface area (Å²) < 4.78 is 0. The number of aryl methyl sites for hydroxylation is 1. The highest BCUT2D eigenvalue weighted by Crippen LogP contribution is 2.35. The average Bonchev–Trinajstić information content (AvgIpc) is 2.70. The highest BCUT2D eigenvalue weighted by atomic mass is 32.2. The van der Waals surface area contributed by atoms with E-state index in [0.717, 1.165) is 10.8 Å². The van der Waals surface area contributed by atoms with Crippen LogP contribution in [0.1, 0.15) is 41.6 Å². The van der Waals surface area contributed by atoms with Crippen LogP contribution in [-0.2, 0) is 0 Å². The molecule has 0 unspecified atom stereocenters. The van der Waals surface area contributed by atoms with Crippen LogP contribution in [-0.4, -0.2) is 16.3 Å². The summed E-state index contributed by atoms with van der Waals surface area (Å²) in [5, 5.41) is 9.67. The largest absolute Gasteiger partial charge is 0.478 e. The van der Waals surface area contributed by atoms with Gasteiger partial charge in [-0.25, -0.2) is 4.79 Å². The van der Waals surface area contributed by atoms with Crippen molar-refractivity contribution in [2.75, 3.05) is 0 Å². The minimum absolute atomic E-state index is 0.413. The minimum atomic E-state index is -0.838. The van der Waals surface area contributed by atoms with Crippen molar-refractivity contribution in [3.8, 4) is 0 Å². The number of thioether (sulfide) groups is 1. The number of carboxylic acid groups (broad SMARTS) is 1. The van der Waals surface area contributed by atoms with Gasteiger partial charge in [0.1, 0.15) is 0 Å². The van der Waals surface area contributed by atoms with Crippen LogP contribution in [0.4, 0.5) is 0 Å². The van der Waals surface area contributed by atoms with E-state index in [4.69, 9.17) is 5.11 Å². The maximum absolute atomic E-state index is 10.9. The zero-order chi connectivity index (χ0) is 11.5. The lowest BCUT2D eigenvalue weighted by molar-refractivity contribution is 0.0696. The van der Waals surface area contributed by atoms with Crippen LogP contribution in [0.5, 0.6) is 0 Å². The summed E-state index contributed by atoms with van der Waals surface area (Å²) >= 11 is 1.89. The first-order valence-electron chi connectivity index (χ1n) is 5.67. The standard InChI is InChI=1S/C13H16O2S/c1-9-8-11(6-7-12(9)13(14)15)16-10-4-2-3-5-10/h6-8,10H,2-5H2,1H3,(H,14,15). The summed E-state index contributed by atoms with van der Waals surface area (Å²) in [6.45, 7) is 1.86. The van der Waals surface area contributed by atoms with Crippen molar-refractivity contribution in [3.05, 3.63) is 29.3 Å². The number of aromatic carboxylic acids is 1. The fraction of sp³-hybridized carbons (Fsp3) is 0.462. The van der Waals surface area contributed by atoms with Crippen LogP contribution in [0.25, 0.3) is 0 Å². The third-order valence-corrected chi connectivity index (χ3v) is 4.36. The van der Waals surface area contributed by atoms with Gasteiger partial charge in [-0.2, -0.15) is 0 Å². The van der Waals surface area contributed by atoms with Crippen LogP contribution in [0.2, 0.25) is 0 Å². The summed E-state index contributed by atoms with van der Waals surface area (Å²) in [7, 11) is 0. The normalized spacial score (nSPS) is 16.6. The number of benzene rings is 1. The lowest BCUT2D eigenvalue weighted by Gasteiger charge is -2.10. The number of hydrogen-bond acceptors (Lipinski definition) is 2. The highest BCUT2D eigenvalue weighted by Gasteiger charge is 2.16. The summed E-state index contributed by atoms with van der Waals surface area (Å²) in [5.41, 5.74) is 1.27. The van der Waals surface area contributed by atoms with Crippen LogP contribution in [0, 0.1) is 6.92 Å². The van der Waals surface area contributed by atoms with Crippen molar-refractivity contribution >= 4 is 17.7 Å². The predicted octanol–water partition coefficient (Wildman–Crippen LogP) is 3.73. The summed E-state index contributed by atoms with van der Waals surface area (Å²) in [5.74, 6) is -0.838. The second kappa shape index (κ2) is 4.91. The molecule has 0 saturated heterocycles. The molecule has 1 fully saturated rings. The van der Waals surface area contributed by atoms with E-state index in [0.29, 0.717) is 5.56 Å². The molecule has 0 aliphatic heterocycles. The highest BCUT2D eigenvalue weighted by molar-refractivity contribution is 8.00. The van der Waals surface area contributed by atoms with Gasteiger partial charge < -0.3 is 5.11 Å². The molecule has 1 aromatic rings. The maximum atomic E-state index is 10.9. The van der Waals surface area contributed by atoms with E-state index in [1.54, 1.807) is 6.07 Å². The molecule has 0 atom stereocenters. The Kier molecular flexibility index (Phi) is 3.54. The first-order chi connectivity index (χ1) is 7.66. The lowest BCUT2D eigenvalue weighted by atomic mass is 10.1. The predicted molar refractivity (Wildman–Crippen MR) is 66.3 cm³/mol. The van der Waals surface area contributed by atoms with Crippen LogP contribution in [0.15, 0.2) is 23.1 Å². The van der Waals surface area contributed by atoms with Gasteiger partial charge in [-0.3, -0.25) is 0 Å². The van der Waals surface area contributed by atoms with Crippen molar-refractivity contribution in [1.82, 2.24) is 0 Å². The topological polar surface area (TPSA) is 37.3 Å². The molecule has 2 rings (SSSR count). The van der Waals surface area contributed by atoms with E-state index in [1.807, 2.05) is 30.8 Å². The Morgan fingerprint density at radius 3 is 2.62 bits per heavy atom. The van der Waals surface area contributed by atoms with E-state index in [-0.39, 0.29) is 0 Å². The lowest BCUT2D eigenvalue weighted by Crippen LogP contribution is -2.00. The zero-order valence-electron chi connectivity index (χ0n) is 9.40. The van der Waals surface area contributed by atoms with Crippen molar-refractivity contribution in [2.45, 2.75) is 42.8 Å². The minimum Gasteiger partial charge on any atom is -0.478 e. The van der Waals surface area contributed by atoms with Crippen LogP contribution >= 0.6 is 11.8 Å². The molecule has 0 bridgehead atoms. The zero-order valence-corrected chi connectivity index (χ0v) is 10.2. The van der Waals surface area contributed by atoms with Gasteiger partial charge in [0.25, 0.3) is 0 Å². The average molecular weight is 236 g/mol. The van der Waals surface area contributed by atoms with Gasteiger partial charge >= 0.3 is 5.97 Å². The Bertz CT molecular complexity index is 395. The second-order valence-electron chi connectivity index (χ2n) is 4.31. The Labute approximate surface area is 100 Å². The summed E-state index contributed by atoms with van der Waals surface area (Å²) in [6, 6.07) is 5.64. The van der Waals surface area contributed by atoms with Crippen molar-refractivity contribution < 1.29 is 9.90 Å². The van der Waals surface area contributed by atoms with Gasteiger partial charge in [-0.15, -0.1) is 11.8 Å². The quantitative estimate of drug-likeness (QED) is 0.869. The molecule has 0 amide bonds. The molecule has 0 spiro atoms. The molecule has 1 aliphatic rings. The van der Waals surface area contributed by atoms with Gasteiger partial charge in [0.2, 0.25) is 0 Å². The van der Waals surface area contributed by atoms with E-state index in [1.165, 1.54) is 30.6 Å². The number of rotatable bonds is 3. The SMILES string of the molecule is Cc1cc(SC2CCCC2)ccc1C(=O)O. The molecular weight excluding hydrogens is 220 g/mol. The van der Waals surface area contributed by atoms with E-state index < -0.39 is 5.97 Å². The fourth-order valence-electron chi connectivity index (χ4n) is 2.15. The molecule has 1 aliphatic carbocycles. The van der Waals surface area contributed by atoms with Gasteiger partial charge in [-0.1, -0.05) is 12.8 Å². The first-order valence-corrected chi connectivity index (χ1v) is 6.55. The Morgan fingerprint density at radius 2 is 2.06 bits per heavy atom. The Balaban J connectivity index is 2.11. The molecule has 0 radical (unpaired) electrons. The smallest absolute Gasteiger partial charge is 0.335 e. The molecule has 86 valence electrons. The van der Waals surface area contributed by atoms with Crippen LogP contribution in [0.3, 0.4) is 0 Å². The van der Waals surface area contributed by atoms with Crippen molar-refractivity contribution in [2.24, 2.45) is 0 Å². The monoisotopic (exact) mass is 236 g/mol. The van der Waals surface area contributed by atoms with E-state index in [9.17, 15) is 4.79 Å². The Hall–Kier alpha value is -0.960. The number of carboxylic acids is 1. The molecule has 1 saturated carbocycles. The van der Waals surface area contributed by atoms with Crippen molar-refractivity contribution in [3.63, 3.8) is 0 Å². The number of hydrogen-bond donors (Lipinski definition) is 1. The summed E-state index contributed by atoms with van der Waals surface area (Å²) in [6.07, 6.45) is 5.27. The van der Waals surface area contributed by atoms with Crippen LogP contribution < -0.4 is 0 Å². The number of carbonyl (C=O) groups is 1. The van der Waals surface area contributed by atoms with Gasteiger partial charge in [-0.05, 0) is 43.5 Å². The summed E-state index contributed by atoms with van der Waals surface area (Å²) in [4.78, 5) is 12.1. The third-order valence-electron chi connectivity index (χ3n) is 3.03. The molecular formula is C13H16O2S.